The van der Waals surface area contributed by atoms with Crippen molar-refractivity contribution in [2.45, 2.75) is 18.7 Å². The number of sulfonamides is 1. The molecule has 1 saturated heterocycles. The van der Waals surface area contributed by atoms with E-state index in [4.69, 9.17) is 0 Å². The Kier molecular flexibility index (Phi) is 7.34. The van der Waals surface area contributed by atoms with Gasteiger partial charge in [-0.05, 0) is 50.2 Å². The van der Waals surface area contributed by atoms with Gasteiger partial charge in [-0.25, -0.2) is 17.6 Å². The quantitative estimate of drug-likeness (QED) is 0.715. The van der Waals surface area contributed by atoms with Crippen molar-refractivity contribution in [3.63, 3.8) is 0 Å². The highest BCUT2D eigenvalue weighted by atomic mass is 32.2. The molecule has 0 bridgehead atoms. The molecule has 1 aliphatic heterocycles. The first-order valence-corrected chi connectivity index (χ1v) is 12.0. The first kappa shape index (κ1) is 23.5. The number of nitrogens with one attached hydrogen (secondary N) is 1. The van der Waals surface area contributed by atoms with E-state index < -0.39 is 15.8 Å². The van der Waals surface area contributed by atoms with Crippen molar-refractivity contribution >= 4 is 27.6 Å². The summed E-state index contributed by atoms with van der Waals surface area (Å²) in [5.74, 6) is -0.910. The number of hydrogen-bond donors (Lipinski definition) is 1. The van der Waals surface area contributed by atoms with Crippen molar-refractivity contribution < 1.29 is 22.4 Å². The van der Waals surface area contributed by atoms with Crippen LogP contribution in [0, 0.1) is 5.82 Å². The minimum absolute atomic E-state index is 0.0287. The second-order valence-corrected chi connectivity index (χ2v) is 9.03. The number of halogens is 1. The maximum atomic E-state index is 13.8. The number of carbonyl (C=O) groups excluding carboxylic acids is 2. The summed E-state index contributed by atoms with van der Waals surface area (Å²) in [7, 11) is -4.00. The van der Waals surface area contributed by atoms with Crippen molar-refractivity contribution in [1.29, 1.82) is 0 Å². The fourth-order valence-electron chi connectivity index (χ4n) is 3.50. The number of urea groups is 1. The molecule has 1 aliphatic rings. The van der Waals surface area contributed by atoms with Gasteiger partial charge in [-0.1, -0.05) is 12.1 Å². The Hall–Kier alpha value is -3.14. The summed E-state index contributed by atoms with van der Waals surface area (Å²) in [5.41, 5.74) is 0.197. The number of carbonyl (C=O) groups is 2. The minimum Gasteiger partial charge on any atom is -0.335 e. The number of piperazine rings is 1. The summed E-state index contributed by atoms with van der Waals surface area (Å²) < 4.78 is 41.0. The lowest BCUT2D eigenvalue weighted by Gasteiger charge is -2.37. The molecule has 3 amide bonds. The van der Waals surface area contributed by atoms with E-state index >= 15 is 0 Å². The topological polar surface area (TPSA) is 90.0 Å². The minimum atomic E-state index is -4.00. The van der Waals surface area contributed by atoms with E-state index in [0.29, 0.717) is 44.8 Å². The van der Waals surface area contributed by atoms with Crippen LogP contribution in [0.4, 0.5) is 14.9 Å². The molecule has 2 aromatic rings. The Labute approximate surface area is 187 Å². The fourth-order valence-corrected chi connectivity index (χ4v) is 4.57. The van der Waals surface area contributed by atoms with E-state index in [1.54, 1.807) is 14.7 Å². The summed E-state index contributed by atoms with van der Waals surface area (Å²) in [5, 5.41) is 0. The Bertz CT molecular complexity index is 1060. The first-order valence-electron chi connectivity index (χ1n) is 10.5. The number of nitrogens with zero attached hydrogens (tertiary/aromatic N) is 3. The van der Waals surface area contributed by atoms with E-state index in [2.05, 4.69) is 4.72 Å². The number of amides is 3. The number of benzene rings is 2. The van der Waals surface area contributed by atoms with Gasteiger partial charge in [0.2, 0.25) is 0 Å². The normalized spacial score (nSPS) is 14.2. The summed E-state index contributed by atoms with van der Waals surface area (Å²) in [6.45, 7) is 6.82. The average Bonchev–Trinajstić information content (AvgIpc) is 2.81. The Morgan fingerprint density at radius 1 is 0.938 bits per heavy atom. The van der Waals surface area contributed by atoms with Crippen molar-refractivity contribution in [1.82, 2.24) is 14.7 Å². The summed E-state index contributed by atoms with van der Waals surface area (Å²) in [6, 6.07) is 11.0. The van der Waals surface area contributed by atoms with Crippen LogP contribution in [0.15, 0.2) is 53.4 Å². The predicted octanol–water partition coefficient (Wildman–Crippen LogP) is 2.85. The molecule has 1 heterocycles. The van der Waals surface area contributed by atoms with E-state index in [-0.39, 0.29) is 22.5 Å². The molecule has 0 aromatic heterocycles. The number of rotatable bonds is 6. The van der Waals surface area contributed by atoms with Crippen molar-refractivity contribution in [3.8, 4) is 0 Å². The molecular formula is C22H27FN4O4S. The van der Waals surface area contributed by atoms with Gasteiger partial charge in [0.15, 0.2) is 0 Å². The molecule has 0 aliphatic carbocycles. The molecular weight excluding hydrogens is 435 g/mol. The molecule has 1 N–H and O–H groups in total. The van der Waals surface area contributed by atoms with Gasteiger partial charge in [0.1, 0.15) is 5.82 Å². The molecule has 0 radical (unpaired) electrons. The van der Waals surface area contributed by atoms with Crippen LogP contribution in [0.5, 0.6) is 0 Å². The predicted molar refractivity (Wildman–Crippen MR) is 119 cm³/mol. The summed E-state index contributed by atoms with van der Waals surface area (Å²) in [6.07, 6.45) is 0. The van der Waals surface area contributed by atoms with Crippen molar-refractivity contribution in [2.75, 3.05) is 44.0 Å². The molecule has 0 unspecified atom stereocenters. The van der Waals surface area contributed by atoms with E-state index in [1.165, 1.54) is 42.5 Å². The van der Waals surface area contributed by atoms with Gasteiger partial charge in [0.05, 0.1) is 10.6 Å². The molecule has 0 spiro atoms. The third-order valence-electron chi connectivity index (χ3n) is 5.40. The van der Waals surface area contributed by atoms with E-state index in [1.807, 2.05) is 13.8 Å². The third kappa shape index (κ3) is 5.18. The van der Waals surface area contributed by atoms with Crippen LogP contribution < -0.4 is 4.72 Å². The average molecular weight is 463 g/mol. The molecule has 3 rings (SSSR count). The van der Waals surface area contributed by atoms with Gasteiger partial charge in [-0.15, -0.1) is 0 Å². The lowest BCUT2D eigenvalue weighted by atomic mass is 10.2. The largest absolute Gasteiger partial charge is 0.335 e. The van der Waals surface area contributed by atoms with Crippen LogP contribution in [-0.4, -0.2) is 74.3 Å². The monoisotopic (exact) mass is 462 g/mol. The van der Waals surface area contributed by atoms with Crippen LogP contribution >= 0.6 is 0 Å². The summed E-state index contributed by atoms with van der Waals surface area (Å²) >= 11 is 0. The molecule has 2 aromatic carbocycles. The van der Waals surface area contributed by atoms with Crippen LogP contribution in [-0.2, 0) is 10.0 Å². The number of hydrogen-bond acceptors (Lipinski definition) is 4. The second kappa shape index (κ2) is 9.99. The Balaban J connectivity index is 1.63. The molecule has 10 heteroatoms. The Morgan fingerprint density at radius 2 is 1.50 bits per heavy atom. The first-order chi connectivity index (χ1) is 15.3. The number of anilines is 1. The summed E-state index contributed by atoms with van der Waals surface area (Å²) in [4.78, 5) is 30.3. The van der Waals surface area contributed by atoms with Crippen LogP contribution in [0.25, 0.3) is 0 Å². The van der Waals surface area contributed by atoms with Crippen LogP contribution in [0.2, 0.25) is 0 Å². The highest BCUT2D eigenvalue weighted by Crippen LogP contribution is 2.20. The highest BCUT2D eigenvalue weighted by molar-refractivity contribution is 7.92. The SMILES string of the molecule is CCN(CC)C(=O)N1CCN(C(=O)c2ccc(S(=O)(=O)Nc3ccccc3F)cc2)CC1. The van der Waals surface area contributed by atoms with Gasteiger partial charge in [0.25, 0.3) is 15.9 Å². The molecule has 8 nitrogen and oxygen atoms in total. The van der Waals surface area contributed by atoms with Gasteiger partial charge in [-0.3, -0.25) is 9.52 Å². The maximum Gasteiger partial charge on any atom is 0.320 e. The molecule has 172 valence electrons. The van der Waals surface area contributed by atoms with Gasteiger partial charge in [-0.2, -0.15) is 0 Å². The highest BCUT2D eigenvalue weighted by Gasteiger charge is 2.27. The molecule has 0 saturated carbocycles. The Morgan fingerprint density at radius 3 is 2.06 bits per heavy atom. The zero-order valence-corrected chi connectivity index (χ0v) is 18.9. The zero-order valence-electron chi connectivity index (χ0n) is 18.1. The van der Waals surface area contributed by atoms with Crippen molar-refractivity contribution in [3.05, 3.63) is 59.9 Å². The zero-order chi connectivity index (χ0) is 23.3. The van der Waals surface area contributed by atoms with E-state index in [9.17, 15) is 22.4 Å². The van der Waals surface area contributed by atoms with Gasteiger partial charge >= 0.3 is 6.03 Å². The lowest BCUT2D eigenvalue weighted by molar-refractivity contribution is 0.0641. The standard InChI is InChI=1S/C22H27FN4O4S/c1-3-25(4-2)22(29)27-15-13-26(14-16-27)21(28)17-9-11-18(12-10-17)32(30,31)24-20-8-6-5-7-19(20)23/h5-12,24H,3-4,13-16H2,1-2H3. The van der Waals surface area contributed by atoms with Gasteiger partial charge < -0.3 is 14.7 Å². The number of para-hydroxylation sites is 1. The van der Waals surface area contributed by atoms with Crippen molar-refractivity contribution in [2.24, 2.45) is 0 Å². The van der Waals surface area contributed by atoms with Crippen LogP contribution in [0.3, 0.4) is 0 Å². The fraction of sp³-hybridized carbons (Fsp3) is 0.364. The maximum absolute atomic E-state index is 13.8. The van der Waals surface area contributed by atoms with Gasteiger partial charge in [0, 0.05) is 44.8 Å². The molecule has 0 atom stereocenters. The second-order valence-electron chi connectivity index (χ2n) is 7.34. The van der Waals surface area contributed by atoms with E-state index in [0.717, 1.165) is 6.07 Å². The van der Waals surface area contributed by atoms with Crippen LogP contribution in [0.1, 0.15) is 24.2 Å². The third-order valence-corrected chi connectivity index (χ3v) is 6.78. The smallest absolute Gasteiger partial charge is 0.320 e. The lowest BCUT2D eigenvalue weighted by Crippen LogP contribution is -2.54. The molecule has 1 fully saturated rings. The molecule has 32 heavy (non-hydrogen) atoms.